The van der Waals surface area contributed by atoms with Gasteiger partial charge >= 0.3 is 0 Å². The molecule has 0 bridgehead atoms. The monoisotopic (exact) mass is 269 g/mol. The van der Waals surface area contributed by atoms with E-state index in [1.807, 2.05) is 30.3 Å². The van der Waals surface area contributed by atoms with Crippen molar-refractivity contribution in [3.05, 3.63) is 35.9 Å². The van der Waals surface area contributed by atoms with Crippen molar-refractivity contribution >= 4 is 11.8 Å². The summed E-state index contributed by atoms with van der Waals surface area (Å²) in [5.74, 6) is 1.05. The first-order valence-electron chi connectivity index (χ1n) is 6.24. The molecule has 0 heterocycles. The SMILES string of the molecule is CSCC(C)NCC(O)COCc1ccccc1. The highest BCUT2D eigenvalue weighted by Gasteiger charge is 2.06. The van der Waals surface area contributed by atoms with E-state index in [1.165, 1.54) is 0 Å². The minimum Gasteiger partial charge on any atom is -0.389 e. The predicted octanol–water partition coefficient (Wildman–Crippen LogP) is 1.91. The molecule has 2 atom stereocenters. The van der Waals surface area contributed by atoms with Crippen molar-refractivity contribution in [3.63, 3.8) is 0 Å². The third-order valence-electron chi connectivity index (χ3n) is 2.54. The van der Waals surface area contributed by atoms with Gasteiger partial charge in [0.15, 0.2) is 0 Å². The summed E-state index contributed by atoms with van der Waals surface area (Å²) in [6.45, 7) is 3.62. The van der Waals surface area contributed by atoms with E-state index >= 15 is 0 Å². The Labute approximate surface area is 114 Å². The molecule has 1 aromatic rings. The van der Waals surface area contributed by atoms with E-state index in [-0.39, 0.29) is 0 Å². The predicted molar refractivity (Wildman–Crippen MR) is 78.0 cm³/mol. The molecule has 0 aromatic heterocycles. The van der Waals surface area contributed by atoms with E-state index in [4.69, 9.17) is 4.74 Å². The number of rotatable bonds is 9. The fourth-order valence-corrected chi connectivity index (χ4v) is 2.21. The number of hydrogen-bond acceptors (Lipinski definition) is 4. The quantitative estimate of drug-likeness (QED) is 0.718. The Morgan fingerprint density at radius 2 is 2.06 bits per heavy atom. The largest absolute Gasteiger partial charge is 0.389 e. The number of aliphatic hydroxyl groups is 1. The lowest BCUT2D eigenvalue weighted by Gasteiger charge is -2.16. The van der Waals surface area contributed by atoms with E-state index in [9.17, 15) is 5.11 Å². The highest BCUT2D eigenvalue weighted by atomic mass is 32.2. The van der Waals surface area contributed by atoms with Gasteiger partial charge in [-0.05, 0) is 18.7 Å². The van der Waals surface area contributed by atoms with Gasteiger partial charge in [0.25, 0.3) is 0 Å². The Morgan fingerprint density at radius 1 is 1.33 bits per heavy atom. The third-order valence-corrected chi connectivity index (χ3v) is 3.37. The maximum absolute atomic E-state index is 9.75. The minimum absolute atomic E-state index is 0.369. The van der Waals surface area contributed by atoms with Crippen molar-refractivity contribution in [2.75, 3.05) is 25.2 Å². The van der Waals surface area contributed by atoms with Crippen LogP contribution in [0, 0.1) is 0 Å². The summed E-state index contributed by atoms with van der Waals surface area (Å²) in [5.41, 5.74) is 1.13. The molecule has 0 aliphatic rings. The highest BCUT2D eigenvalue weighted by Crippen LogP contribution is 2.01. The van der Waals surface area contributed by atoms with Crippen molar-refractivity contribution in [3.8, 4) is 0 Å². The van der Waals surface area contributed by atoms with Crippen LogP contribution in [-0.4, -0.2) is 42.4 Å². The van der Waals surface area contributed by atoms with Crippen molar-refractivity contribution < 1.29 is 9.84 Å². The fraction of sp³-hybridized carbons (Fsp3) is 0.571. The van der Waals surface area contributed by atoms with E-state index in [0.717, 1.165) is 11.3 Å². The zero-order valence-electron chi connectivity index (χ0n) is 11.1. The first-order chi connectivity index (χ1) is 8.72. The molecule has 0 aliphatic carbocycles. The number of hydrogen-bond donors (Lipinski definition) is 2. The molecule has 102 valence electrons. The topological polar surface area (TPSA) is 41.5 Å². The summed E-state index contributed by atoms with van der Waals surface area (Å²) in [6.07, 6.45) is 1.63. The van der Waals surface area contributed by atoms with Gasteiger partial charge in [-0.25, -0.2) is 0 Å². The Morgan fingerprint density at radius 3 is 2.72 bits per heavy atom. The van der Waals surface area contributed by atoms with Gasteiger partial charge in [-0.1, -0.05) is 30.3 Å². The molecule has 0 radical (unpaired) electrons. The first-order valence-corrected chi connectivity index (χ1v) is 7.63. The molecule has 0 saturated carbocycles. The van der Waals surface area contributed by atoms with Crippen LogP contribution in [0.25, 0.3) is 0 Å². The number of thioether (sulfide) groups is 1. The van der Waals surface area contributed by atoms with Crippen molar-refractivity contribution in [1.29, 1.82) is 0 Å². The van der Waals surface area contributed by atoms with Gasteiger partial charge in [0, 0.05) is 18.3 Å². The lowest BCUT2D eigenvalue weighted by atomic mass is 10.2. The van der Waals surface area contributed by atoms with Crippen LogP contribution in [0.4, 0.5) is 0 Å². The van der Waals surface area contributed by atoms with Gasteiger partial charge in [-0.3, -0.25) is 0 Å². The molecular formula is C14H23NO2S. The van der Waals surface area contributed by atoms with Crippen LogP contribution >= 0.6 is 11.8 Å². The summed E-state index contributed by atoms with van der Waals surface area (Å²) in [6, 6.07) is 10.4. The molecule has 2 unspecified atom stereocenters. The second-order valence-electron chi connectivity index (χ2n) is 4.42. The van der Waals surface area contributed by atoms with Crippen LogP contribution in [0.1, 0.15) is 12.5 Å². The second-order valence-corrected chi connectivity index (χ2v) is 5.33. The minimum atomic E-state index is -0.446. The molecule has 0 aliphatic heterocycles. The first kappa shape index (κ1) is 15.5. The zero-order valence-corrected chi connectivity index (χ0v) is 12.0. The van der Waals surface area contributed by atoms with Gasteiger partial charge in [-0.15, -0.1) is 0 Å². The highest BCUT2D eigenvalue weighted by molar-refractivity contribution is 7.98. The standard InChI is InChI=1S/C14H23NO2S/c1-12(11-18-2)15-8-14(16)10-17-9-13-6-4-3-5-7-13/h3-7,12,14-16H,8-11H2,1-2H3. The van der Waals surface area contributed by atoms with E-state index in [0.29, 0.717) is 25.8 Å². The smallest absolute Gasteiger partial charge is 0.0897 e. The van der Waals surface area contributed by atoms with Crippen molar-refractivity contribution in [1.82, 2.24) is 5.32 Å². The Kier molecular flexibility index (Phi) is 8.09. The molecule has 0 spiro atoms. The number of aliphatic hydroxyl groups excluding tert-OH is 1. The molecule has 1 aromatic carbocycles. The second kappa shape index (κ2) is 9.39. The summed E-state index contributed by atoms with van der Waals surface area (Å²) >= 11 is 1.80. The molecule has 4 heteroatoms. The summed E-state index contributed by atoms with van der Waals surface area (Å²) in [4.78, 5) is 0. The van der Waals surface area contributed by atoms with Crippen LogP contribution in [0.3, 0.4) is 0 Å². The third kappa shape index (κ3) is 7.01. The van der Waals surface area contributed by atoms with Crippen LogP contribution in [0.2, 0.25) is 0 Å². The Balaban J connectivity index is 2.08. The molecule has 0 fully saturated rings. The van der Waals surface area contributed by atoms with E-state index in [1.54, 1.807) is 11.8 Å². The maximum Gasteiger partial charge on any atom is 0.0897 e. The molecule has 2 N–H and O–H groups in total. The fourth-order valence-electron chi connectivity index (χ4n) is 1.59. The summed E-state index contributed by atoms with van der Waals surface area (Å²) < 4.78 is 5.48. The normalized spacial score (nSPS) is 14.4. The van der Waals surface area contributed by atoms with Gasteiger partial charge in [-0.2, -0.15) is 11.8 Å². The van der Waals surface area contributed by atoms with Gasteiger partial charge < -0.3 is 15.2 Å². The van der Waals surface area contributed by atoms with Gasteiger partial charge in [0.2, 0.25) is 0 Å². The average Bonchev–Trinajstić information content (AvgIpc) is 2.38. The van der Waals surface area contributed by atoms with E-state index < -0.39 is 6.10 Å². The van der Waals surface area contributed by atoms with E-state index in [2.05, 4.69) is 18.5 Å². The van der Waals surface area contributed by atoms with Gasteiger partial charge in [0.05, 0.1) is 19.3 Å². The van der Waals surface area contributed by atoms with Gasteiger partial charge in [0.1, 0.15) is 0 Å². The van der Waals surface area contributed by atoms with Crippen LogP contribution in [0.5, 0.6) is 0 Å². The average molecular weight is 269 g/mol. The van der Waals surface area contributed by atoms with Crippen LogP contribution in [-0.2, 0) is 11.3 Å². The maximum atomic E-state index is 9.75. The molecule has 0 amide bonds. The Bertz CT molecular complexity index is 308. The lowest BCUT2D eigenvalue weighted by Crippen LogP contribution is -2.37. The van der Waals surface area contributed by atoms with Crippen molar-refractivity contribution in [2.45, 2.75) is 25.7 Å². The molecule has 18 heavy (non-hydrogen) atoms. The lowest BCUT2D eigenvalue weighted by molar-refractivity contribution is 0.0281. The van der Waals surface area contributed by atoms with Crippen LogP contribution in [0.15, 0.2) is 30.3 Å². The number of ether oxygens (including phenoxy) is 1. The number of nitrogens with one attached hydrogen (secondary N) is 1. The van der Waals surface area contributed by atoms with Crippen molar-refractivity contribution in [2.24, 2.45) is 0 Å². The zero-order chi connectivity index (χ0) is 13.2. The molecule has 1 rings (SSSR count). The summed E-state index contributed by atoms with van der Waals surface area (Å²) in [7, 11) is 0. The van der Waals surface area contributed by atoms with Crippen LogP contribution < -0.4 is 5.32 Å². The Hall–Kier alpha value is -0.550. The molecule has 0 saturated heterocycles. The summed E-state index contributed by atoms with van der Waals surface area (Å²) in [5, 5.41) is 13.0. The number of benzene rings is 1. The molecular weight excluding hydrogens is 246 g/mol. The molecule has 3 nitrogen and oxygen atoms in total.